The van der Waals surface area contributed by atoms with Crippen LogP contribution in [-0.2, 0) is 4.74 Å². The van der Waals surface area contributed by atoms with E-state index in [4.69, 9.17) is 9.47 Å². The maximum atomic E-state index is 10.7. The first-order valence-corrected chi connectivity index (χ1v) is 9.77. The van der Waals surface area contributed by atoms with E-state index in [-0.39, 0.29) is 0 Å². The van der Waals surface area contributed by atoms with Crippen LogP contribution in [0.1, 0.15) is 51.9 Å². The molecule has 4 nitrogen and oxygen atoms in total. The molecule has 1 aliphatic carbocycles. The van der Waals surface area contributed by atoms with Crippen LogP contribution in [-0.4, -0.2) is 44.1 Å². The topological polar surface area (TPSA) is 41.9 Å². The molecule has 25 heavy (non-hydrogen) atoms. The van der Waals surface area contributed by atoms with Crippen molar-refractivity contribution < 1.29 is 14.6 Å². The van der Waals surface area contributed by atoms with Crippen LogP contribution in [0, 0.1) is 5.41 Å². The van der Waals surface area contributed by atoms with Gasteiger partial charge in [0, 0.05) is 25.9 Å². The van der Waals surface area contributed by atoms with Crippen molar-refractivity contribution in [2.24, 2.45) is 5.41 Å². The van der Waals surface area contributed by atoms with E-state index in [1.54, 1.807) is 7.11 Å². The van der Waals surface area contributed by atoms with Gasteiger partial charge in [0.15, 0.2) is 0 Å². The van der Waals surface area contributed by atoms with Crippen LogP contribution < -0.4 is 9.64 Å². The molecule has 1 N–H and O–H groups in total. The second-order valence-corrected chi connectivity index (χ2v) is 7.98. The van der Waals surface area contributed by atoms with Crippen molar-refractivity contribution in [3.8, 4) is 5.75 Å². The summed E-state index contributed by atoms with van der Waals surface area (Å²) in [4.78, 5) is 2.50. The molecular formula is C21H33NO3. The lowest BCUT2D eigenvalue weighted by Crippen LogP contribution is -2.40. The minimum absolute atomic E-state index is 0.394. The van der Waals surface area contributed by atoms with E-state index in [9.17, 15) is 5.11 Å². The van der Waals surface area contributed by atoms with Gasteiger partial charge in [0.25, 0.3) is 0 Å². The number of anilines is 1. The molecule has 0 radical (unpaired) electrons. The van der Waals surface area contributed by atoms with Gasteiger partial charge in [-0.3, -0.25) is 0 Å². The predicted molar refractivity (Wildman–Crippen MR) is 101 cm³/mol. The fourth-order valence-electron chi connectivity index (χ4n) is 4.52. The van der Waals surface area contributed by atoms with Gasteiger partial charge in [0.2, 0.25) is 0 Å². The molecule has 1 aromatic carbocycles. The van der Waals surface area contributed by atoms with Crippen LogP contribution in [0.25, 0.3) is 0 Å². The molecule has 1 aromatic rings. The Bertz CT molecular complexity index is 535. The largest absolute Gasteiger partial charge is 0.491 e. The minimum Gasteiger partial charge on any atom is -0.491 e. The molecule has 140 valence electrons. The highest BCUT2D eigenvalue weighted by molar-refractivity contribution is 5.50. The maximum absolute atomic E-state index is 10.7. The number of benzene rings is 1. The average Bonchev–Trinajstić information content (AvgIpc) is 3.04. The summed E-state index contributed by atoms with van der Waals surface area (Å²) >= 11 is 0. The monoisotopic (exact) mass is 347 g/mol. The van der Waals surface area contributed by atoms with E-state index in [0.29, 0.717) is 18.6 Å². The van der Waals surface area contributed by atoms with Gasteiger partial charge < -0.3 is 19.5 Å². The summed E-state index contributed by atoms with van der Waals surface area (Å²) in [5, 5.41) is 10.7. The maximum Gasteiger partial charge on any atom is 0.119 e. The van der Waals surface area contributed by atoms with Gasteiger partial charge >= 0.3 is 0 Å². The summed E-state index contributed by atoms with van der Waals surface area (Å²) in [6, 6.07) is 8.43. The van der Waals surface area contributed by atoms with E-state index in [0.717, 1.165) is 57.4 Å². The molecule has 1 heterocycles. The molecule has 2 fully saturated rings. The minimum atomic E-state index is -0.394. The van der Waals surface area contributed by atoms with Crippen molar-refractivity contribution in [3.05, 3.63) is 24.3 Å². The Kier molecular flexibility index (Phi) is 5.90. The smallest absolute Gasteiger partial charge is 0.119 e. The number of methoxy groups -OCH3 is 1. The van der Waals surface area contributed by atoms with Crippen LogP contribution in [0.5, 0.6) is 5.75 Å². The van der Waals surface area contributed by atoms with Crippen LogP contribution in [0.2, 0.25) is 0 Å². The Labute approximate surface area is 152 Å². The lowest BCUT2D eigenvalue weighted by atomic mass is 9.67. The number of hydrogen-bond donors (Lipinski definition) is 1. The van der Waals surface area contributed by atoms with Crippen molar-refractivity contribution in [2.45, 2.75) is 57.5 Å². The van der Waals surface area contributed by atoms with E-state index in [2.05, 4.69) is 36.1 Å². The van der Waals surface area contributed by atoms with Gasteiger partial charge in [-0.25, -0.2) is 0 Å². The fourth-order valence-corrected chi connectivity index (χ4v) is 4.52. The van der Waals surface area contributed by atoms with Crippen molar-refractivity contribution in [1.29, 1.82) is 0 Å². The number of hydrogen-bond acceptors (Lipinski definition) is 4. The van der Waals surface area contributed by atoms with Crippen molar-refractivity contribution in [3.63, 3.8) is 0 Å². The molecule has 0 atom stereocenters. The van der Waals surface area contributed by atoms with Crippen LogP contribution in [0.4, 0.5) is 5.69 Å². The Hall–Kier alpha value is -1.26. The van der Waals surface area contributed by atoms with Crippen LogP contribution in [0.15, 0.2) is 24.3 Å². The highest BCUT2D eigenvalue weighted by Crippen LogP contribution is 2.48. The van der Waals surface area contributed by atoms with Gasteiger partial charge in [-0.2, -0.15) is 0 Å². The molecule has 3 rings (SSSR count). The SMILES string of the molecule is CCCC1(O)CCC2(CCN(c3ccc(OCCOC)cc3)C2)CC1. The first kappa shape index (κ1) is 18.5. The first-order chi connectivity index (χ1) is 12.1. The molecule has 0 amide bonds. The summed E-state index contributed by atoms with van der Waals surface area (Å²) in [6.07, 6.45) is 7.56. The first-order valence-electron chi connectivity index (χ1n) is 9.77. The van der Waals surface area contributed by atoms with Gasteiger partial charge in [-0.1, -0.05) is 13.3 Å². The fraction of sp³-hybridized carbons (Fsp3) is 0.714. The lowest BCUT2D eigenvalue weighted by Gasteiger charge is -2.42. The Morgan fingerprint density at radius 1 is 1.04 bits per heavy atom. The van der Waals surface area contributed by atoms with E-state index in [1.165, 1.54) is 12.1 Å². The van der Waals surface area contributed by atoms with Gasteiger partial charge in [0.05, 0.1) is 12.2 Å². The third kappa shape index (κ3) is 4.48. The van der Waals surface area contributed by atoms with E-state index in [1.807, 2.05) is 0 Å². The summed E-state index contributed by atoms with van der Waals surface area (Å²) in [6.45, 7) is 5.61. The Morgan fingerprint density at radius 3 is 2.40 bits per heavy atom. The molecular weight excluding hydrogens is 314 g/mol. The molecule has 1 saturated heterocycles. The van der Waals surface area contributed by atoms with Crippen molar-refractivity contribution in [1.82, 2.24) is 0 Å². The standard InChI is InChI=1S/C21H33NO3/c1-3-8-21(23)11-9-20(10-12-21)13-14-22(17-20)18-4-6-19(7-5-18)25-16-15-24-2/h4-7,23H,3,8-17H2,1-2H3. The van der Waals surface area contributed by atoms with Gasteiger partial charge in [-0.05, 0) is 68.2 Å². The average molecular weight is 347 g/mol. The zero-order valence-corrected chi connectivity index (χ0v) is 15.8. The van der Waals surface area contributed by atoms with Crippen molar-refractivity contribution >= 4 is 5.69 Å². The number of rotatable bonds is 7. The zero-order chi connectivity index (χ0) is 17.8. The number of aliphatic hydroxyl groups is 1. The summed E-state index contributed by atoms with van der Waals surface area (Å²) in [7, 11) is 1.68. The summed E-state index contributed by atoms with van der Waals surface area (Å²) in [5.74, 6) is 0.900. The molecule has 1 spiro atoms. The van der Waals surface area contributed by atoms with E-state index < -0.39 is 5.60 Å². The van der Waals surface area contributed by atoms with Crippen LogP contribution in [0.3, 0.4) is 0 Å². The van der Waals surface area contributed by atoms with Crippen molar-refractivity contribution in [2.75, 3.05) is 38.3 Å². The van der Waals surface area contributed by atoms with E-state index >= 15 is 0 Å². The summed E-state index contributed by atoms with van der Waals surface area (Å²) < 4.78 is 10.7. The molecule has 1 saturated carbocycles. The molecule has 0 aromatic heterocycles. The van der Waals surface area contributed by atoms with Gasteiger partial charge in [-0.15, -0.1) is 0 Å². The molecule has 2 aliphatic rings. The third-order valence-corrected chi connectivity index (χ3v) is 6.15. The normalized spacial score (nSPS) is 29.3. The molecule has 0 unspecified atom stereocenters. The highest BCUT2D eigenvalue weighted by atomic mass is 16.5. The lowest BCUT2D eigenvalue weighted by molar-refractivity contribution is -0.0357. The van der Waals surface area contributed by atoms with Crippen LogP contribution >= 0.6 is 0 Å². The second-order valence-electron chi connectivity index (χ2n) is 7.98. The third-order valence-electron chi connectivity index (χ3n) is 6.15. The molecule has 0 bridgehead atoms. The number of ether oxygens (including phenoxy) is 2. The Balaban J connectivity index is 1.54. The predicted octanol–water partition coefficient (Wildman–Crippen LogP) is 4.01. The zero-order valence-electron chi connectivity index (χ0n) is 15.8. The molecule has 1 aliphatic heterocycles. The summed E-state index contributed by atoms with van der Waals surface area (Å²) in [5.41, 5.74) is 1.30. The second kappa shape index (κ2) is 7.96. The molecule has 4 heteroatoms. The van der Waals surface area contributed by atoms with Gasteiger partial charge in [0.1, 0.15) is 12.4 Å². The Morgan fingerprint density at radius 2 is 1.76 bits per heavy atom. The number of nitrogens with zero attached hydrogens (tertiary/aromatic N) is 1. The quantitative estimate of drug-likeness (QED) is 0.757. The highest BCUT2D eigenvalue weighted by Gasteiger charge is 2.44.